The van der Waals surface area contributed by atoms with E-state index in [2.05, 4.69) is 4.98 Å². The third-order valence-corrected chi connectivity index (χ3v) is 3.01. The van der Waals surface area contributed by atoms with Crippen LogP contribution in [0.3, 0.4) is 0 Å². The van der Waals surface area contributed by atoms with Gasteiger partial charge in [-0.25, -0.2) is 4.79 Å². The molecule has 0 radical (unpaired) electrons. The lowest BCUT2D eigenvalue weighted by Gasteiger charge is -2.37. The molecule has 6 nitrogen and oxygen atoms in total. The van der Waals surface area contributed by atoms with Crippen molar-refractivity contribution in [2.75, 3.05) is 13.6 Å². The highest BCUT2D eigenvalue weighted by Gasteiger charge is 2.30. The predicted octanol–water partition coefficient (Wildman–Crippen LogP) is 2.13. The van der Waals surface area contributed by atoms with Crippen LogP contribution in [0, 0.1) is 6.92 Å². The van der Waals surface area contributed by atoms with Crippen molar-refractivity contribution >= 4 is 12.0 Å². The number of urea groups is 1. The van der Waals surface area contributed by atoms with E-state index in [1.807, 2.05) is 45.9 Å². The standard InChI is InChI=1S/C15H23N3O3/c1-11-7-6-8-12(16-11)9-17(5)14(21)18(10-13(19)20)15(2,3)4/h6-8H,9-10H2,1-5H3,(H,19,20). The van der Waals surface area contributed by atoms with E-state index in [1.54, 1.807) is 7.05 Å². The minimum absolute atomic E-state index is 0.325. The molecule has 1 aromatic heterocycles. The minimum atomic E-state index is -1.03. The molecule has 1 N–H and O–H groups in total. The van der Waals surface area contributed by atoms with Gasteiger partial charge in [-0.2, -0.15) is 0 Å². The number of hydrogen-bond donors (Lipinski definition) is 1. The lowest BCUT2D eigenvalue weighted by atomic mass is 10.1. The highest BCUT2D eigenvalue weighted by molar-refractivity contribution is 5.80. The van der Waals surface area contributed by atoms with Gasteiger partial charge in [0.2, 0.25) is 0 Å². The molecule has 0 saturated heterocycles. The fraction of sp³-hybridized carbons (Fsp3) is 0.533. The molecule has 0 atom stereocenters. The van der Waals surface area contributed by atoms with E-state index < -0.39 is 11.5 Å². The summed E-state index contributed by atoms with van der Waals surface area (Å²) in [5.41, 5.74) is 1.09. The van der Waals surface area contributed by atoms with Gasteiger partial charge in [0.05, 0.1) is 12.2 Å². The third-order valence-electron chi connectivity index (χ3n) is 3.01. The quantitative estimate of drug-likeness (QED) is 0.923. The molecule has 2 amide bonds. The zero-order valence-electron chi connectivity index (χ0n) is 13.3. The normalized spacial score (nSPS) is 11.1. The Morgan fingerprint density at radius 3 is 2.38 bits per heavy atom. The van der Waals surface area contributed by atoms with Crippen molar-refractivity contribution in [3.05, 3.63) is 29.6 Å². The summed E-state index contributed by atoms with van der Waals surface area (Å²) in [6.45, 7) is 7.34. The Bertz CT molecular complexity index is 523. The van der Waals surface area contributed by atoms with Crippen LogP contribution < -0.4 is 0 Å². The van der Waals surface area contributed by atoms with Crippen LogP contribution in [0.2, 0.25) is 0 Å². The van der Waals surface area contributed by atoms with Crippen molar-refractivity contribution in [3.8, 4) is 0 Å². The number of aliphatic carboxylic acids is 1. The zero-order valence-corrected chi connectivity index (χ0v) is 13.3. The Labute approximate surface area is 125 Å². The third kappa shape index (κ3) is 5.06. The van der Waals surface area contributed by atoms with Crippen LogP contribution in [0.4, 0.5) is 4.79 Å². The number of nitrogens with zero attached hydrogens (tertiary/aromatic N) is 3. The van der Waals surface area contributed by atoms with Gasteiger partial charge in [0.15, 0.2) is 0 Å². The van der Waals surface area contributed by atoms with Gasteiger partial charge < -0.3 is 14.9 Å². The summed E-state index contributed by atoms with van der Waals surface area (Å²) in [6.07, 6.45) is 0. The Kier molecular flexibility index (Phi) is 5.29. The molecule has 0 spiro atoms. The van der Waals surface area contributed by atoms with Crippen molar-refractivity contribution in [2.24, 2.45) is 0 Å². The number of hydrogen-bond acceptors (Lipinski definition) is 3. The van der Waals surface area contributed by atoms with Gasteiger partial charge in [0.25, 0.3) is 0 Å². The lowest BCUT2D eigenvalue weighted by Crippen LogP contribution is -2.52. The van der Waals surface area contributed by atoms with Crippen molar-refractivity contribution in [2.45, 2.75) is 39.8 Å². The van der Waals surface area contributed by atoms with Crippen molar-refractivity contribution in [1.29, 1.82) is 0 Å². The number of carbonyl (C=O) groups excluding carboxylic acids is 1. The fourth-order valence-corrected chi connectivity index (χ4v) is 1.93. The first-order chi connectivity index (χ1) is 9.61. The van der Waals surface area contributed by atoms with E-state index in [-0.39, 0.29) is 12.6 Å². The number of carbonyl (C=O) groups is 2. The van der Waals surface area contributed by atoms with Gasteiger partial charge in [-0.3, -0.25) is 9.78 Å². The number of amides is 2. The topological polar surface area (TPSA) is 73.7 Å². The summed E-state index contributed by atoms with van der Waals surface area (Å²) >= 11 is 0. The summed E-state index contributed by atoms with van der Waals surface area (Å²) < 4.78 is 0. The van der Waals surface area contributed by atoms with E-state index >= 15 is 0 Å². The molecule has 0 aliphatic heterocycles. The van der Waals surface area contributed by atoms with E-state index in [9.17, 15) is 9.59 Å². The summed E-state index contributed by atoms with van der Waals surface area (Å²) in [5.74, 6) is -1.03. The number of carboxylic acids is 1. The first-order valence-electron chi connectivity index (χ1n) is 6.78. The van der Waals surface area contributed by atoms with Crippen LogP contribution in [0.5, 0.6) is 0 Å². The molecule has 0 fully saturated rings. The Morgan fingerprint density at radius 2 is 1.90 bits per heavy atom. The van der Waals surface area contributed by atoms with Gasteiger partial charge in [-0.1, -0.05) is 6.07 Å². The molecule has 0 aromatic carbocycles. The van der Waals surface area contributed by atoms with Gasteiger partial charge in [-0.05, 0) is 39.8 Å². The highest BCUT2D eigenvalue weighted by atomic mass is 16.4. The average Bonchev–Trinajstić information content (AvgIpc) is 2.33. The van der Waals surface area contributed by atoms with Crippen LogP contribution in [0.1, 0.15) is 32.2 Å². The second-order valence-corrected chi connectivity index (χ2v) is 6.06. The van der Waals surface area contributed by atoms with Crippen LogP contribution in [-0.2, 0) is 11.3 Å². The van der Waals surface area contributed by atoms with Gasteiger partial charge in [0, 0.05) is 18.3 Å². The van der Waals surface area contributed by atoms with Gasteiger partial charge >= 0.3 is 12.0 Å². The molecule has 0 bridgehead atoms. The van der Waals surface area contributed by atoms with Crippen molar-refractivity contribution in [1.82, 2.24) is 14.8 Å². The Morgan fingerprint density at radius 1 is 1.29 bits per heavy atom. The number of aryl methyl sites for hydroxylation is 1. The fourth-order valence-electron chi connectivity index (χ4n) is 1.93. The molecular weight excluding hydrogens is 270 g/mol. The van der Waals surface area contributed by atoms with E-state index in [0.29, 0.717) is 6.54 Å². The average molecular weight is 293 g/mol. The number of pyridine rings is 1. The molecule has 6 heteroatoms. The second-order valence-electron chi connectivity index (χ2n) is 6.06. The number of carboxylic acid groups (broad SMARTS) is 1. The molecule has 0 saturated carbocycles. The molecular formula is C15H23N3O3. The molecule has 0 aliphatic rings. The monoisotopic (exact) mass is 293 g/mol. The van der Waals surface area contributed by atoms with E-state index in [1.165, 1.54) is 9.80 Å². The number of rotatable bonds is 4. The molecule has 0 aliphatic carbocycles. The van der Waals surface area contributed by atoms with Gasteiger partial charge in [-0.15, -0.1) is 0 Å². The first-order valence-corrected chi connectivity index (χ1v) is 6.78. The summed E-state index contributed by atoms with van der Waals surface area (Å²) in [5, 5.41) is 8.98. The van der Waals surface area contributed by atoms with Crippen LogP contribution in [0.15, 0.2) is 18.2 Å². The maximum absolute atomic E-state index is 12.5. The SMILES string of the molecule is Cc1cccc(CN(C)C(=O)N(CC(=O)O)C(C)(C)C)n1. The summed E-state index contributed by atoms with van der Waals surface area (Å²) in [6, 6.07) is 5.29. The Balaban J connectivity index is 2.85. The highest BCUT2D eigenvalue weighted by Crippen LogP contribution is 2.16. The lowest BCUT2D eigenvalue weighted by molar-refractivity contribution is -0.138. The van der Waals surface area contributed by atoms with E-state index in [4.69, 9.17) is 5.11 Å². The maximum Gasteiger partial charge on any atom is 0.323 e. The molecule has 116 valence electrons. The van der Waals surface area contributed by atoms with Crippen LogP contribution in [-0.4, -0.2) is 51.0 Å². The van der Waals surface area contributed by atoms with E-state index in [0.717, 1.165) is 11.4 Å². The largest absolute Gasteiger partial charge is 0.480 e. The molecule has 1 aromatic rings. The number of aromatic nitrogens is 1. The molecule has 1 rings (SSSR count). The second kappa shape index (κ2) is 6.56. The first kappa shape index (κ1) is 16.9. The van der Waals surface area contributed by atoms with Crippen molar-refractivity contribution in [3.63, 3.8) is 0 Å². The molecule has 1 heterocycles. The predicted molar refractivity (Wildman–Crippen MR) is 79.9 cm³/mol. The molecule has 0 unspecified atom stereocenters. The minimum Gasteiger partial charge on any atom is -0.480 e. The Hall–Kier alpha value is -2.11. The van der Waals surface area contributed by atoms with Gasteiger partial charge in [0.1, 0.15) is 6.54 Å². The summed E-state index contributed by atoms with van der Waals surface area (Å²) in [7, 11) is 1.65. The molecule has 21 heavy (non-hydrogen) atoms. The zero-order chi connectivity index (χ0) is 16.2. The van der Waals surface area contributed by atoms with Crippen molar-refractivity contribution < 1.29 is 14.7 Å². The smallest absolute Gasteiger partial charge is 0.323 e. The van der Waals surface area contributed by atoms with Crippen LogP contribution in [0.25, 0.3) is 0 Å². The summed E-state index contributed by atoms with van der Waals surface area (Å²) in [4.78, 5) is 30.6. The maximum atomic E-state index is 12.5. The van der Waals surface area contributed by atoms with Crippen LogP contribution >= 0.6 is 0 Å².